The molecule has 0 aromatic carbocycles. The van der Waals surface area contributed by atoms with Crippen LogP contribution in [0.1, 0.15) is 20.8 Å². The smallest absolute Gasteiger partial charge is 0.282 e. The molecule has 0 amide bonds. The Bertz CT molecular complexity index is 308. The van der Waals surface area contributed by atoms with Gasteiger partial charge in [0.05, 0.1) is 0 Å². The first-order chi connectivity index (χ1) is 6.85. The van der Waals surface area contributed by atoms with E-state index in [1.165, 1.54) is 4.31 Å². The van der Waals surface area contributed by atoms with Gasteiger partial charge in [0.2, 0.25) is 0 Å². The monoisotopic (exact) mass is 271 g/mol. The van der Waals surface area contributed by atoms with Crippen molar-refractivity contribution in [1.82, 2.24) is 13.9 Å². The molecule has 1 aliphatic heterocycles. The van der Waals surface area contributed by atoms with Crippen molar-refractivity contribution >= 4 is 22.6 Å². The van der Waals surface area contributed by atoms with Crippen molar-refractivity contribution in [3.05, 3.63) is 0 Å². The zero-order valence-corrected chi connectivity index (χ0v) is 11.9. The molecule has 1 saturated heterocycles. The van der Waals surface area contributed by atoms with Crippen LogP contribution >= 0.6 is 12.4 Å². The molecule has 0 spiro atoms. The molecule has 0 aromatic heterocycles. The maximum atomic E-state index is 12.1. The number of hydrogen-bond donors (Lipinski definition) is 1. The van der Waals surface area contributed by atoms with Crippen LogP contribution in [0.2, 0.25) is 0 Å². The van der Waals surface area contributed by atoms with Crippen molar-refractivity contribution in [2.24, 2.45) is 0 Å². The van der Waals surface area contributed by atoms with E-state index in [0.29, 0.717) is 13.1 Å². The van der Waals surface area contributed by atoms with Crippen molar-refractivity contribution in [3.63, 3.8) is 0 Å². The fourth-order valence-electron chi connectivity index (χ4n) is 1.56. The molecular weight excluding hydrogens is 250 g/mol. The number of rotatable bonds is 3. The Morgan fingerprint density at radius 3 is 2.44 bits per heavy atom. The summed E-state index contributed by atoms with van der Waals surface area (Å²) in [5.41, 5.74) is 0. The molecule has 5 nitrogen and oxygen atoms in total. The standard InChI is InChI=1S/C9H21N3O2S.ClH/c1-8(2)11(4)15(13,14)12-6-5-10-9(3)7-12;/h8-10H,5-7H2,1-4H3;1H/t9-;/m0./s1. The second-order valence-corrected chi connectivity index (χ2v) is 6.32. The molecule has 98 valence electrons. The molecular formula is C9H22ClN3O2S. The van der Waals surface area contributed by atoms with E-state index in [0.717, 1.165) is 6.54 Å². The molecule has 0 aromatic rings. The quantitative estimate of drug-likeness (QED) is 0.803. The summed E-state index contributed by atoms with van der Waals surface area (Å²) in [5.74, 6) is 0. The number of hydrogen-bond acceptors (Lipinski definition) is 3. The normalized spacial score (nSPS) is 23.5. The summed E-state index contributed by atoms with van der Waals surface area (Å²) in [6, 6.07) is 0.231. The highest BCUT2D eigenvalue weighted by Crippen LogP contribution is 2.12. The first-order valence-corrected chi connectivity index (χ1v) is 6.72. The van der Waals surface area contributed by atoms with Gasteiger partial charge in [0.1, 0.15) is 0 Å². The number of piperazine rings is 1. The third-order valence-electron chi connectivity index (χ3n) is 2.75. The lowest BCUT2D eigenvalue weighted by molar-refractivity contribution is 0.279. The minimum atomic E-state index is -3.27. The first kappa shape index (κ1) is 16.1. The van der Waals surface area contributed by atoms with Crippen LogP contribution in [0.5, 0.6) is 0 Å². The molecule has 1 rings (SSSR count). The zero-order chi connectivity index (χ0) is 11.6. The highest BCUT2D eigenvalue weighted by Gasteiger charge is 2.31. The minimum Gasteiger partial charge on any atom is -0.312 e. The van der Waals surface area contributed by atoms with Gasteiger partial charge in [0.25, 0.3) is 10.2 Å². The molecule has 1 N–H and O–H groups in total. The van der Waals surface area contributed by atoms with E-state index in [9.17, 15) is 8.42 Å². The fraction of sp³-hybridized carbons (Fsp3) is 1.00. The summed E-state index contributed by atoms with van der Waals surface area (Å²) in [6.45, 7) is 7.60. The van der Waals surface area contributed by atoms with Crippen LogP contribution in [-0.2, 0) is 10.2 Å². The lowest BCUT2D eigenvalue weighted by Crippen LogP contribution is -2.55. The van der Waals surface area contributed by atoms with E-state index in [2.05, 4.69) is 5.32 Å². The van der Waals surface area contributed by atoms with Gasteiger partial charge in [-0.15, -0.1) is 12.4 Å². The van der Waals surface area contributed by atoms with Crippen LogP contribution in [0, 0.1) is 0 Å². The van der Waals surface area contributed by atoms with Gasteiger partial charge in [0, 0.05) is 38.8 Å². The highest BCUT2D eigenvalue weighted by molar-refractivity contribution is 7.86. The fourth-order valence-corrected chi connectivity index (χ4v) is 3.19. The maximum Gasteiger partial charge on any atom is 0.282 e. The molecule has 0 saturated carbocycles. The summed E-state index contributed by atoms with van der Waals surface area (Å²) in [7, 11) is -1.64. The second-order valence-electron chi connectivity index (χ2n) is 4.33. The molecule has 0 unspecified atom stereocenters. The van der Waals surface area contributed by atoms with Gasteiger partial charge in [-0.25, -0.2) is 0 Å². The van der Waals surface area contributed by atoms with Crippen LogP contribution < -0.4 is 5.32 Å². The van der Waals surface area contributed by atoms with E-state index in [1.807, 2.05) is 20.8 Å². The Morgan fingerprint density at radius 2 is 2.00 bits per heavy atom. The average Bonchev–Trinajstić information content (AvgIpc) is 2.16. The molecule has 7 heteroatoms. The molecule has 0 aliphatic carbocycles. The van der Waals surface area contributed by atoms with Crippen molar-refractivity contribution in [2.45, 2.75) is 32.9 Å². The van der Waals surface area contributed by atoms with Crippen molar-refractivity contribution in [2.75, 3.05) is 26.7 Å². The van der Waals surface area contributed by atoms with Gasteiger partial charge in [-0.05, 0) is 20.8 Å². The summed E-state index contributed by atoms with van der Waals surface area (Å²) >= 11 is 0. The Balaban J connectivity index is 0.00000225. The van der Waals surface area contributed by atoms with Crippen LogP contribution in [0.15, 0.2) is 0 Å². The van der Waals surface area contributed by atoms with E-state index >= 15 is 0 Å². The molecule has 1 aliphatic rings. The first-order valence-electron chi connectivity index (χ1n) is 5.32. The lowest BCUT2D eigenvalue weighted by Gasteiger charge is -2.34. The Morgan fingerprint density at radius 1 is 1.44 bits per heavy atom. The number of halogens is 1. The van der Waals surface area contributed by atoms with Gasteiger partial charge >= 0.3 is 0 Å². The third kappa shape index (κ3) is 3.56. The molecule has 16 heavy (non-hydrogen) atoms. The lowest BCUT2D eigenvalue weighted by atomic mass is 10.3. The summed E-state index contributed by atoms with van der Waals surface area (Å²) < 4.78 is 27.2. The predicted molar refractivity (Wildman–Crippen MR) is 68.1 cm³/mol. The van der Waals surface area contributed by atoms with E-state index in [4.69, 9.17) is 0 Å². The Hall–Kier alpha value is 0.120. The largest absolute Gasteiger partial charge is 0.312 e. The molecule has 0 radical (unpaired) electrons. The number of nitrogens with one attached hydrogen (secondary N) is 1. The number of nitrogens with zero attached hydrogens (tertiary/aromatic N) is 2. The second kappa shape index (κ2) is 6.16. The van der Waals surface area contributed by atoms with Gasteiger partial charge < -0.3 is 5.32 Å². The van der Waals surface area contributed by atoms with Crippen LogP contribution in [0.4, 0.5) is 0 Å². The Labute approximate surface area is 105 Å². The van der Waals surface area contributed by atoms with E-state index < -0.39 is 10.2 Å². The maximum absolute atomic E-state index is 12.1. The topological polar surface area (TPSA) is 52.7 Å². The summed E-state index contributed by atoms with van der Waals surface area (Å²) in [5, 5.41) is 3.23. The SMILES string of the molecule is CC(C)N(C)S(=O)(=O)N1CCN[C@@H](C)C1.Cl. The minimum absolute atomic E-state index is 0. The summed E-state index contributed by atoms with van der Waals surface area (Å²) in [6.07, 6.45) is 0. The van der Waals surface area contributed by atoms with Crippen LogP contribution in [0.25, 0.3) is 0 Å². The van der Waals surface area contributed by atoms with Gasteiger partial charge in [0.15, 0.2) is 0 Å². The zero-order valence-electron chi connectivity index (χ0n) is 10.3. The van der Waals surface area contributed by atoms with E-state index in [-0.39, 0.29) is 24.5 Å². The van der Waals surface area contributed by atoms with Crippen molar-refractivity contribution < 1.29 is 8.42 Å². The summed E-state index contributed by atoms with van der Waals surface area (Å²) in [4.78, 5) is 0. The highest BCUT2D eigenvalue weighted by atomic mass is 35.5. The van der Waals surface area contributed by atoms with Crippen molar-refractivity contribution in [3.8, 4) is 0 Å². The van der Waals surface area contributed by atoms with Gasteiger partial charge in [-0.2, -0.15) is 17.0 Å². The van der Waals surface area contributed by atoms with Crippen LogP contribution in [-0.4, -0.2) is 55.8 Å². The molecule has 0 bridgehead atoms. The average molecular weight is 272 g/mol. The van der Waals surface area contributed by atoms with E-state index in [1.54, 1.807) is 11.4 Å². The third-order valence-corrected chi connectivity index (χ3v) is 4.88. The van der Waals surface area contributed by atoms with Crippen molar-refractivity contribution in [1.29, 1.82) is 0 Å². The predicted octanol–water partition coefficient (Wildman–Crippen LogP) is 0.287. The molecule has 1 fully saturated rings. The molecule has 1 atom stereocenters. The Kier molecular flexibility index (Phi) is 6.21. The van der Waals surface area contributed by atoms with Gasteiger partial charge in [-0.1, -0.05) is 0 Å². The van der Waals surface area contributed by atoms with Crippen LogP contribution in [0.3, 0.4) is 0 Å². The molecule has 1 heterocycles. The van der Waals surface area contributed by atoms with Gasteiger partial charge in [-0.3, -0.25) is 0 Å².